The Morgan fingerprint density at radius 1 is 1.07 bits per heavy atom. The lowest BCUT2D eigenvalue weighted by Crippen LogP contribution is -2.61. The number of para-hydroxylation sites is 1. The number of carbonyl (C=O) groups is 2. The van der Waals surface area contributed by atoms with E-state index >= 15 is 0 Å². The van der Waals surface area contributed by atoms with E-state index in [2.05, 4.69) is 10.3 Å². The molecule has 0 unspecified atom stereocenters. The van der Waals surface area contributed by atoms with Gasteiger partial charge < -0.3 is 15.2 Å². The third-order valence-corrected chi connectivity index (χ3v) is 6.15. The van der Waals surface area contributed by atoms with Crippen molar-refractivity contribution in [2.45, 2.75) is 31.3 Å². The van der Waals surface area contributed by atoms with Gasteiger partial charge in [-0.05, 0) is 30.5 Å². The minimum atomic E-state index is -0.553. The number of amides is 2. The van der Waals surface area contributed by atoms with E-state index in [1.165, 1.54) is 0 Å². The second kappa shape index (κ2) is 6.67. The molecule has 0 saturated carbocycles. The minimum Gasteiger partial charge on any atom is -0.354 e. The summed E-state index contributed by atoms with van der Waals surface area (Å²) < 4.78 is 0. The van der Waals surface area contributed by atoms with E-state index in [1.807, 2.05) is 48.5 Å². The second-order valence-corrected chi connectivity index (χ2v) is 7.87. The number of hydrogen-bond acceptors (Lipinski definition) is 2. The standard InChI is InChI=1S/C22H20ClN3O2/c23-16-8-3-1-7-14(16)20-15(13-6-2-4-9-17(13)24-20)12-18-22(28)26-11-5-10-19(26)21(27)25-18/h1-4,6-9,18-19,24H,5,10-12H2,(H,25,27)/t18-,19-/m0/s1. The molecular weight excluding hydrogens is 374 g/mol. The average Bonchev–Trinajstić information content (AvgIpc) is 3.32. The van der Waals surface area contributed by atoms with E-state index in [-0.39, 0.29) is 17.9 Å². The molecule has 28 heavy (non-hydrogen) atoms. The van der Waals surface area contributed by atoms with Gasteiger partial charge in [0.25, 0.3) is 0 Å². The molecule has 2 N–H and O–H groups in total. The number of hydrogen-bond donors (Lipinski definition) is 2. The number of benzene rings is 2. The van der Waals surface area contributed by atoms with Gasteiger partial charge in [0.1, 0.15) is 12.1 Å². The highest BCUT2D eigenvalue weighted by Crippen LogP contribution is 2.35. The number of fused-ring (bicyclic) bond motifs is 2. The fraction of sp³-hybridized carbons (Fsp3) is 0.273. The maximum atomic E-state index is 13.0. The van der Waals surface area contributed by atoms with Crippen molar-refractivity contribution in [3.05, 3.63) is 59.1 Å². The predicted molar refractivity (Wildman–Crippen MR) is 109 cm³/mol. The fourth-order valence-corrected chi connectivity index (χ4v) is 4.71. The van der Waals surface area contributed by atoms with Crippen molar-refractivity contribution >= 4 is 34.3 Å². The van der Waals surface area contributed by atoms with E-state index in [4.69, 9.17) is 11.6 Å². The lowest BCUT2D eigenvalue weighted by Gasteiger charge is -2.34. The average molecular weight is 394 g/mol. The smallest absolute Gasteiger partial charge is 0.246 e. The number of nitrogens with zero attached hydrogens (tertiary/aromatic N) is 1. The van der Waals surface area contributed by atoms with Crippen molar-refractivity contribution in [3.8, 4) is 11.3 Å². The zero-order valence-electron chi connectivity index (χ0n) is 15.2. The van der Waals surface area contributed by atoms with Gasteiger partial charge in [-0.1, -0.05) is 48.0 Å². The van der Waals surface area contributed by atoms with Crippen LogP contribution in [0.1, 0.15) is 18.4 Å². The number of aromatic nitrogens is 1. The minimum absolute atomic E-state index is 0.0116. The van der Waals surface area contributed by atoms with E-state index in [0.29, 0.717) is 18.0 Å². The Labute approximate surface area is 167 Å². The highest BCUT2D eigenvalue weighted by atomic mass is 35.5. The maximum Gasteiger partial charge on any atom is 0.246 e. The molecule has 3 aromatic rings. The van der Waals surface area contributed by atoms with Gasteiger partial charge in [0, 0.05) is 34.5 Å². The van der Waals surface area contributed by atoms with E-state index in [0.717, 1.165) is 40.6 Å². The summed E-state index contributed by atoms with van der Waals surface area (Å²) in [5.74, 6) is -0.0290. The highest BCUT2D eigenvalue weighted by molar-refractivity contribution is 6.33. The van der Waals surface area contributed by atoms with Gasteiger partial charge in [-0.2, -0.15) is 0 Å². The highest BCUT2D eigenvalue weighted by Gasteiger charge is 2.43. The molecule has 5 nitrogen and oxygen atoms in total. The van der Waals surface area contributed by atoms with Crippen LogP contribution in [-0.4, -0.2) is 40.3 Å². The van der Waals surface area contributed by atoms with Crippen molar-refractivity contribution in [3.63, 3.8) is 0 Å². The summed E-state index contributed by atoms with van der Waals surface area (Å²) in [7, 11) is 0. The van der Waals surface area contributed by atoms with Gasteiger partial charge in [-0.15, -0.1) is 0 Å². The molecule has 2 atom stereocenters. The molecule has 1 aromatic heterocycles. The summed E-state index contributed by atoms with van der Waals surface area (Å²) >= 11 is 6.46. The monoisotopic (exact) mass is 393 g/mol. The molecule has 142 valence electrons. The Kier molecular flexibility index (Phi) is 4.13. The van der Waals surface area contributed by atoms with Gasteiger partial charge in [0.15, 0.2) is 0 Å². The van der Waals surface area contributed by atoms with Crippen LogP contribution in [0.2, 0.25) is 5.02 Å². The van der Waals surface area contributed by atoms with Crippen LogP contribution in [0.5, 0.6) is 0 Å². The van der Waals surface area contributed by atoms with Crippen LogP contribution in [0.25, 0.3) is 22.2 Å². The molecule has 0 bridgehead atoms. The summed E-state index contributed by atoms with van der Waals surface area (Å²) in [6.07, 6.45) is 2.06. The topological polar surface area (TPSA) is 65.2 Å². The van der Waals surface area contributed by atoms with Gasteiger partial charge in [-0.25, -0.2) is 0 Å². The summed E-state index contributed by atoms with van der Waals surface area (Å²) in [5.41, 5.74) is 3.78. The molecule has 0 aliphatic carbocycles. The first-order chi connectivity index (χ1) is 13.6. The molecule has 0 radical (unpaired) electrons. The van der Waals surface area contributed by atoms with Crippen molar-refractivity contribution in [2.75, 3.05) is 6.54 Å². The molecule has 5 rings (SSSR count). The van der Waals surface area contributed by atoms with Crippen molar-refractivity contribution in [1.29, 1.82) is 0 Å². The molecule has 2 aliphatic rings. The van der Waals surface area contributed by atoms with Gasteiger partial charge in [-0.3, -0.25) is 9.59 Å². The lowest BCUT2D eigenvalue weighted by atomic mass is 9.96. The van der Waals surface area contributed by atoms with Gasteiger partial charge in [0.2, 0.25) is 11.8 Å². The Balaban J connectivity index is 1.59. The lowest BCUT2D eigenvalue weighted by molar-refractivity contribution is -0.146. The summed E-state index contributed by atoms with van der Waals surface area (Å²) in [5, 5.41) is 4.65. The summed E-state index contributed by atoms with van der Waals surface area (Å²) in [6, 6.07) is 14.8. The number of piperazine rings is 1. The molecule has 2 aliphatic heterocycles. The Hall–Kier alpha value is -2.79. The molecule has 6 heteroatoms. The SMILES string of the molecule is O=C1N[C@@H](Cc2c(-c3ccccc3Cl)[nH]c3ccccc23)C(=O)N2CCC[C@@H]12. The molecular formula is C22H20ClN3O2. The molecule has 2 fully saturated rings. The van der Waals surface area contributed by atoms with Gasteiger partial charge in [0.05, 0.1) is 5.69 Å². The maximum absolute atomic E-state index is 13.0. The van der Waals surface area contributed by atoms with Crippen LogP contribution in [0, 0.1) is 0 Å². The van der Waals surface area contributed by atoms with Crippen LogP contribution in [0.3, 0.4) is 0 Å². The van der Waals surface area contributed by atoms with Crippen molar-refractivity contribution < 1.29 is 9.59 Å². The number of nitrogens with one attached hydrogen (secondary N) is 2. The van der Waals surface area contributed by atoms with Crippen LogP contribution >= 0.6 is 11.6 Å². The molecule has 2 aromatic carbocycles. The van der Waals surface area contributed by atoms with E-state index in [9.17, 15) is 9.59 Å². The summed E-state index contributed by atoms with van der Waals surface area (Å²) in [4.78, 5) is 30.7. The number of carbonyl (C=O) groups excluding carboxylic acids is 2. The number of halogens is 1. The normalized spacial score (nSPS) is 21.8. The molecule has 3 heterocycles. The van der Waals surface area contributed by atoms with Crippen LogP contribution in [-0.2, 0) is 16.0 Å². The first-order valence-corrected chi connectivity index (χ1v) is 9.96. The van der Waals surface area contributed by atoms with Crippen molar-refractivity contribution in [2.24, 2.45) is 0 Å². The largest absolute Gasteiger partial charge is 0.354 e. The second-order valence-electron chi connectivity index (χ2n) is 7.46. The van der Waals surface area contributed by atoms with E-state index in [1.54, 1.807) is 4.90 Å². The third kappa shape index (κ3) is 2.69. The quantitative estimate of drug-likeness (QED) is 0.715. The third-order valence-electron chi connectivity index (χ3n) is 5.82. The number of H-pyrrole nitrogens is 1. The zero-order valence-corrected chi connectivity index (χ0v) is 16.0. The Morgan fingerprint density at radius 3 is 2.71 bits per heavy atom. The van der Waals surface area contributed by atoms with Gasteiger partial charge >= 0.3 is 0 Å². The Morgan fingerprint density at radius 2 is 1.86 bits per heavy atom. The van der Waals surface area contributed by atoms with Crippen LogP contribution < -0.4 is 5.32 Å². The Bertz CT molecular complexity index is 1090. The fourth-order valence-electron chi connectivity index (χ4n) is 4.48. The number of aromatic amines is 1. The number of rotatable bonds is 3. The van der Waals surface area contributed by atoms with Crippen LogP contribution in [0.4, 0.5) is 0 Å². The first kappa shape index (κ1) is 17.3. The van der Waals surface area contributed by atoms with Crippen molar-refractivity contribution in [1.82, 2.24) is 15.2 Å². The van der Waals surface area contributed by atoms with Crippen LogP contribution in [0.15, 0.2) is 48.5 Å². The first-order valence-electron chi connectivity index (χ1n) is 9.59. The molecule has 0 spiro atoms. The summed E-state index contributed by atoms with van der Waals surface area (Å²) in [6.45, 7) is 0.665. The molecule has 2 amide bonds. The van der Waals surface area contributed by atoms with E-state index < -0.39 is 6.04 Å². The zero-order chi connectivity index (χ0) is 19.3. The molecule has 2 saturated heterocycles. The predicted octanol–water partition coefficient (Wildman–Crippen LogP) is 3.52.